The number of ether oxygens (including phenoxy) is 1. The molecule has 0 atom stereocenters. The number of hydrogen-bond donors (Lipinski definition) is 3. The van der Waals surface area contributed by atoms with E-state index in [1.54, 1.807) is 6.07 Å². The van der Waals surface area contributed by atoms with Crippen LogP contribution in [0.1, 0.15) is 40.7 Å². The Kier molecular flexibility index (Phi) is 8.65. The highest BCUT2D eigenvalue weighted by Crippen LogP contribution is 2.33. The number of unbranched alkanes of at least 4 members (excludes halogenated alkanes) is 1. The van der Waals surface area contributed by atoms with Gasteiger partial charge in [0.2, 0.25) is 0 Å². The van der Waals surface area contributed by atoms with Crippen LogP contribution in [0.2, 0.25) is 0 Å². The summed E-state index contributed by atoms with van der Waals surface area (Å²) in [5.41, 5.74) is 9.71. The quantitative estimate of drug-likeness (QED) is 0.147. The molecule has 5 rings (SSSR count). The average molecular weight is 519 g/mol. The van der Waals surface area contributed by atoms with Crippen LogP contribution >= 0.6 is 0 Å². The molecule has 3 N–H and O–H groups in total. The molecule has 0 radical (unpaired) electrons. The summed E-state index contributed by atoms with van der Waals surface area (Å²) in [5, 5.41) is 14.9. The van der Waals surface area contributed by atoms with Crippen molar-refractivity contribution in [3.05, 3.63) is 119 Å². The molecule has 0 aliphatic carbocycles. The van der Waals surface area contributed by atoms with Crippen molar-refractivity contribution in [1.82, 2.24) is 10.3 Å². The molecule has 200 valence electrons. The molecule has 1 aromatic heterocycles. The Morgan fingerprint density at radius 1 is 0.744 bits per heavy atom. The molecule has 0 spiro atoms. The van der Waals surface area contributed by atoms with Crippen molar-refractivity contribution in [1.29, 1.82) is 0 Å². The highest BCUT2D eigenvalue weighted by Gasteiger charge is 2.14. The van der Waals surface area contributed by atoms with E-state index in [0.717, 1.165) is 61.1 Å². The largest absolute Gasteiger partial charge is 0.508 e. The predicted molar refractivity (Wildman–Crippen MR) is 162 cm³/mol. The van der Waals surface area contributed by atoms with Gasteiger partial charge in [0.1, 0.15) is 18.1 Å². The van der Waals surface area contributed by atoms with Gasteiger partial charge in [0.05, 0.1) is 0 Å². The first-order chi connectivity index (χ1) is 19.0. The first kappa shape index (κ1) is 26.6. The average Bonchev–Trinajstić information content (AvgIpc) is 3.29. The van der Waals surface area contributed by atoms with E-state index in [4.69, 9.17) is 4.74 Å². The molecule has 0 saturated heterocycles. The molecule has 5 aromatic rings. The number of aromatic nitrogens is 1. The molecule has 1 heterocycles. The van der Waals surface area contributed by atoms with Crippen LogP contribution in [-0.4, -0.2) is 23.2 Å². The van der Waals surface area contributed by atoms with Crippen molar-refractivity contribution in [3.63, 3.8) is 0 Å². The van der Waals surface area contributed by atoms with Gasteiger partial charge in [0.25, 0.3) is 0 Å². The van der Waals surface area contributed by atoms with Gasteiger partial charge in [-0.05, 0) is 117 Å². The van der Waals surface area contributed by atoms with Crippen LogP contribution in [0.4, 0.5) is 0 Å². The number of aromatic amines is 1. The molecule has 0 fully saturated rings. The maximum Gasteiger partial charge on any atom is 0.119 e. The fourth-order valence-corrected chi connectivity index (χ4v) is 5.27. The monoisotopic (exact) mass is 518 g/mol. The maximum atomic E-state index is 10.1. The summed E-state index contributed by atoms with van der Waals surface area (Å²) in [6.07, 6.45) is 4.24. The second kappa shape index (κ2) is 12.7. The Morgan fingerprint density at radius 2 is 1.51 bits per heavy atom. The summed E-state index contributed by atoms with van der Waals surface area (Å²) < 4.78 is 5.90. The van der Waals surface area contributed by atoms with Gasteiger partial charge >= 0.3 is 0 Å². The summed E-state index contributed by atoms with van der Waals surface area (Å²) in [6.45, 7) is 6.76. The van der Waals surface area contributed by atoms with E-state index in [1.165, 1.54) is 33.4 Å². The van der Waals surface area contributed by atoms with Crippen molar-refractivity contribution in [2.45, 2.75) is 46.1 Å². The number of H-pyrrole nitrogens is 1. The fraction of sp³-hybridized carbons (Fsp3) is 0.257. The van der Waals surface area contributed by atoms with Crippen molar-refractivity contribution in [2.24, 2.45) is 0 Å². The van der Waals surface area contributed by atoms with Crippen molar-refractivity contribution < 1.29 is 9.84 Å². The van der Waals surface area contributed by atoms with E-state index in [0.29, 0.717) is 12.4 Å². The van der Waals surface area contributed by atoms with Crippen LogP contribution in [0.15, 0.2) is 91.0 Å². The van der Waals surface area contributed by atoms with E-state index in [1.807, 2.05) is 30.3 Å². The number of rotatable bonds is 12. The Morgan fingerprint density at radius 3 is 2.28 bits per heavy atom. The zero-order chi connectivity index (χ0) is 27.0. The van der Waals surface area contributed by atoms with Crippen LogP contribution in [-0.2, 0) is 19.4 Å². The van der Waals surface area contributed by atoms with Crippen LogP contribution in [0.25, 0.3) is 22.2 Å². The second-order valence-electron chi connectivity index (χ2n) is 10.5. The summed E-state index contributed by atoms with van der Waals surface area (Å²) in [7, 11) is 0. The number of benzene rings is 4. The third kappa shape index (κ3) is 7.10. The van der Waals surface area contributed by atoms with Crippen LogP contribution in [0, 0.1) is 13.8 Å². The minimum Gasteiger partial charge on any atom is -0.508 e. The Balaban J connectivity index is 1.10. The lowest BCUT2D eigenvalue weighted by molar-refractivity contribution is 0.306. The van der Waals surface area contributed by atoms with Crippen molar-refractivity contribution >= 4 is 10.9 Å². The third-order valence-corrected chi connectivity index (χ3v) is 7.19. The zero-order valence-electron chi connectivity index (χ0n) is 23.0. The number of aromatic hydroxyl groups is 1. The molecule has 0 unspecified atom stereocenters. The molecule has 0 aliphatic heterocycles. The first-order valence-corrected chi connectivity index (χ1v) is 13.9. The SMILES string of the molecule is Cc1cc(C)cc(-c2[nH]c3ccc(O)cc3c2CCNCCCCc2ccc(OCc3ccccc3)cc2)c1. The molecule has 4 nitrogen and oxygen atoms in total. The van der Waals surface area contributed by atoms with E-state index < -0.39 is 0 Å². The number of phenols is 1. The first-order valence-electron chi connectivity index (χ1n) is 13.9. The van der Waals surface area contributed by atoms with E-state index in [2.05, 4.69) is 78.7 Å². The van der Waals surface area contributed by atoms with Gasteiger partial charge in [-0.25, -0.2) is 0 Å². The Labute approximate surface area is 231 Å². The topological polar surface area (TPSA) is 57.3 Å². The number of aryl methyl sites for hydroxylation is 3. The normalized spacial score (nSPS) is 11.2. The summed E-state index contributed by atoms with van der Waals surface area (Å²) >= 11 is 0. The zero-order valence-corrected chi connectivity index (χ0v) is 23.0. The number of fused-ring (bicyclic) bond motifs is 1. The van der Waals surface area contributed by atoms with Crippen molar-refractivity contribution in [3.8, 4) is 22.8 Å². The lowest BCUT2D eigenvalue weighted by Crippen LogP contribution is -2.18. The van der Waals surface area contributed by atoms with Gasteiger partial charge in [-0.3, -0.25) is 0 Å². The molecule has 39 heavy (non-hydrogen) atoms. The van der Waals surface area contributed by atoms with Gasteiger partial charge in [-0.15, -0.1) is 0 Å². The molecular weight excluding hydrogens is 480 g/mol. The molecule has 0 aliphatic rings. The van der Waals surface area contributed by atoms with E-state index >= 15 is 0 Å². The smallest absolute Gasteiger partial charge is 0.119 e. The highest BCUT2D eigenvalue weighted by atomic mass is 16.5. The predicted octanol–water partition coefficient (Wildman–Crippen LogP) is 7.89. The molecule has 0 bridgehead atoms. The van der Waals surface area contributed by atoms with Gasteiger partial charge in [0, 0.05) is 16.6 Å². The van der Waals surface area contributed by atoms with Gasteiger partial charge < -0.3 is 20.1 Å². The lowest BCUT2D eigenvalue weighted by atomic mass is 9.99. The molecular formula is C35H38N2O2. The highest BCUT2D eigenvalue weighted by molar-refractivity contribution is 5.92. The number of phenolic OH excluding ortho intramolecular Hbond substituents is 1. The molecule has 0 amide bonds. The molecule has 4 heteroatoms. The van der Waals surface area contributed by atoms with Gasteiger partial charge in [-0.2, -0.15) is 0 Å². The number of nitrogens with one attached hydrogen (secondary N) is 2. The van der Waals surface area contributed by atoms with Crippen molar-refractivity contribution in [2.75, 3.05) is 13.1 Å². The fourth-order valence-electron chi connectivity index (χ4n) is 5.27. The van der Waals surface area contributed by atoms with Crippen LogP contribution < -0.4 is 10.1 Å². The maximum absolute atomic E-state index is 10.1. The summed E-state index contributed by atoms with van der Waals surface area (Å²) in [5.74, 6) is 1.22. The van der Waals surface area contributed by atoms with Crippen LogP contribution in [0.5, 0.6) is 11.5 Å². The lowest BCUT2D eigenvalue weighted by Gasteiger charge is -2.09. The summed E-state index contributed by atoms with van der Waals surface area (Å²) in [6, 6.07) is 31.0. The van der Waals surface area contributed by atoms with Gasteiger partial charge in [0.15, 0.2) is 0 Å². The number of hydrogen-bond acceptors (Lipinski definition) is 3. The van der Waals surface area contributed by atoms with E-state index in [-0.39, 0.29) is 0 Å². The van der Waals surface area contributed by atoms with Crippen LogP contribution in [0.3, 0.4) is 0 Å². The minimum absolute atomic E-state index is 0.304. The Bertz CT molecular complexity index is 1480. The third-order valence-electron chi connectivity index (χ3n) is 7.19. The van der Waals surface area contributed by atoms with E-state index in [9.17, 15) is 5.11 Å². The molecule has 0 saturated carbocycles. The summed E-state index contributed by atoms with van der Waals surface area (Å²) in [4.78, 5) is 3.61. The standard InChI is InChI=1S/C35H38N2O2/c1-25-20-26(2)22-29(21-25)35-32(33-23-30(38)13-16-34(33)37-35)17-19-36-18-7-6-8-27-11-14-31(15-12-27)39-24-28-9-4-3-5-10-28/h3-5,9-16,20-23,36-38H,6-8,17-19,24H2,1-2H3. The Hall–Kier alpha value is -4.02. The molecule has 4 aromatic carbocycles. The second-order valence-corrected chi connectivity index (χ2v) is 10.5. The van der Waals surface area contributed by atoms with Gasteiger partial charge in [-0.1, -0.05) is 59.7 Å². The minimum atomic E-state index is 0.304.